The van der Waals surface area contributed by atoms with E-state index in [4.69, 9.17) is 9.31 Å². The summed E-state index contributed by atoms with van der Waals surface area (Å²) < 4.78 is 26.6. The fourth-order valence-electron chi connectivity index (χ4n) is 2.90. The number of amides is 1. The maximum Gasteiger partial charge on any atom is 0.497 e. The maximum atomic E-state index is 14.8. The summed E-state index contributed by atoms with van der Waals surface area (Å²) in [5.41, 5.74) is 0.820. The number of aryl methyl sites for hydroxylation is 2. The molecule has 0 atom stereocenters. The van der Waals surface area contributed by atoms with Crippen LogP contribution in [0.2, 0.25) is 0 Å². The molecule has 1 aromatic heterocycles. The Morgan fingerprint density at radius 1 is 1.11 bits per heavy atom. The van der Waals surface area contributed by atoms with Gasteiger partial charge < -0.3 is 14.6 Å². The van der Waals surface area contributed by atoms with Crippen LogP contribution >= 0.6 is 0 Å². The Hall–Kier alpha value is -2.25. The third kappa shape index (κ3) is 3.75. The number of aromatic nitrogens is 1. The fraction of sp³-hybridized carbons (Fsp3) is 0.400. The first-order valence-corrected chi connectivity index (χ1v) is 8.91. The highest BCUT2D eigenvalue weighted by atomic mass is 19.1. The van der Waals surface area contributed by atoms with Gasteiger partial charge in [-0.05, 0) is 65.3 Å². The predicted octanol–water partition coefficient (Wildman–Crippen LogP) is 3.39. The molecule has 0 radical (unpaired) electrons. The van der Waals surface area contributed by atoms with E-state index in [1.165, 1.54) is 6.07 Å². The molecule has 2 aromatic rings. The van der Waals surface area contributed by atoms with Crippen LogP contribution in [-0.4, -0.2) is 29.2 Å². The highest BCUT2D eigenvalue weighted by molar-refractivity contribution is 6.62. The molecule has 0 unspecified atom stereocenters. The van der Waals surface area contributed by atoms with Crippen LogP contribution in [-0.2, 0) is 9.31 Å². The fourth-order valence-corrected chi connectivity index (χ4v) is 2.90. The monoisotopic (exact) mass is 370 g/mol. The van der Waals surface area contributed by atoms with Gasteiger partial charge in [-0.2, -0.15) is 0 Å². The summed E-state index contributed by atoms with van der Waals surface area (Å²) in [7, 11) is -0.816. The van der Waals surface area contributed by atoms with Crippen molar-refractivity contribution < 1.29 is 18.5 Å². The van der Waals surface area contributed by atoms with Gasteiger partial charge in [-0.25, -0.2) is 9.37 Å². The van der Waals surface area contributed by atoms with Crippen LogP contribution in [0.15, 0.2) is 30.3 Å². The molecule has 3 rings (SSSR count). The summed E-state index contributed by atoms with van der Waals surface area (Å²) >= 11 is 0. The van der Waals surface area contributed by atoms with E-state index in [2.05, 4.69) is 10.3 Å². The minimum absolute atomic E-state index is 0.246. The number of rotatable bonds is 3. The number of hydrogen-bond donors (Lipinski definition) is 1. The van der Waals surface area contributed by atoms with Gasteiger partial charge in [0.05, 0.1) is 11.2 Å². The Labute approximate surface area is 159 Å². The number of anilines is 1. The number of nitrogens with one attached hydrogen (secondary N) is 1. The van der Waals surface area contributed by atoms with Crippen LogP contribution in [0, 0.1) is 19.7 Å². The van der Waals surface area contributed by atoms with Crippen molar-refractivity contribution in [2.24, 2.45) is 0 Å². The molecule has 0 bridgehead atoms. The molecule has 1 aliphatic heterocycles. The summed E-state index contributed by atoms with van der Waals surface area (Å²) in [6.45, 7) is 11.2. The molecule has 142 valence electrons. The molecule has 1 N–H and O–H groups in total. The van der Waals surface area contributed by atoms with Crippen molar-refractivity contribution in [2.75, 3.05) is 5.32 Å². The zero-order valence-electron chi connectivity index (χ0n) is 16.5. The topological polar surface area (TPSA) is 60.5 Å². The second-order valence-electron chi connectivity index (χ2n) is 7.90. The van der Waals surface area contributed by atoms with Crippen molar-refractivity contribution in [1.29, 1.82) is 0 Å². The average Bonchev–Trinajstić information content (AvgIpc) is 2.77. The zero-order chi connectivity index (χ0) is 20.0. The van der Waals surface area contributed by atoms with E-state index in [0.29, 0.717) is 11.4 Å². The molecule has 1 aromatic carbocycles. The number of carbonyl (C=O) groups excluding carboxylic acids is 1. The van der Waals surface area contributed by atoms with E-state index in [0.717, 1.165) is 5.69 Å². The normalized spacial score (nSPS) is 17.8. The molecule has 27 heavy (non-hydrogen) atoms. The van der Waals surface area contributed by atoms with Gasteiger partial charge in [0.15, 0.2) is 0 Å². The minimum atomic E-state index is -0.816. The summed E-state index contributed by atoms with van der Waals surface area (Å²) in [5, 5.41) is 2.70. The zero-order valence-corrected chi connectivity index (χ0v) is 16.5. The van der Waals surface area contributed by atoms with E-state index in [1.54, 1.807) is 25.1 Å². The van der Waals surface area contributed by atoms with Crippen LogP contribution in [0.4, 0.5) is 10.2 Å². The van der Waals surface area contributed by atoms with Crippen LogP contribution in [0.3, 0.4) is 0 Å². The Bertz CT molecular complexity index is 883. The molecule has 0 saturated carbocycles. The lowest BCUT2D eigenvalue weighted by atomic mass is 9.77. The van der Waals surface area contributed by atoms with Crippen molar-refractivity contribution in [1.82, 2.24) is 4.98 Å². The minimum Gasteiger partial charge on any atom is -0.399 e. The van der Waals surface area contributed by atoms with E-state index >= 15 is 0 Å². The highest BCUT2D eigenvalue weighted by Gasteiger charge is 2.52. The molecule has 1 fully saturated rings. The van der Waals surface area contributed by atoms with Gasteiger partial charge >= 0.3 is 7.12 Å². The van der Waals surface area contributed by atoms with Crippen LogP contribution in [0.1, 0.15) is 49.3 Å². The van der Waals surface area contributed by atoms with Crippen LogP contribution in [0.25, 0.3) is 0 Å². The van der Waals surface area contributed by atoms with Crippen LogP contribution in [0.5, 0.6) is 0 Å². The summed E-state index contributed by atoms with van der Waals surface area (Å²) in [6, 6.07) is 8.15. The number of halogens is 1. The predicted molar refractivity (Wildman–Crippen MR) is 104 cm³/mol. The van der Waals surface area contributed by atoms with Crippen LogP contribution < -0.4 is 10.8 Å². The largest absolute Gasteiger partial charge is 0.497 e. The first kappa shape index (κ1) is 19.5. The molecule has 1 saturated heterocycles. The van der Waals surface area contributed by atoms with Gasteiger partial charge in [-0.1, -0.05) is 12.1 Å². The smallest absolute Gasteiger partial charge is 0.399 e. The number of nitrogens with zero attached hydrogens (tertiary/aromatic N) is 1. The quantitative estimate of drug-likeness (QED) is 0.842. The van der Waals surface area contributed by atoms with Crippen molar-refractivity contribution >= 4 is 24.3 Å². The first-order valence-electron chi connectivity index (χ1n) is 8.91. The first-order chi connectivity index (χ1) is 12.5. The second kappa shape index (κ2) is 6.73. The Balaban J connectivity index is 1.86. The average molecular weight is 370 g/mol. The van der Waals surface area contributed by atoms with Gasteiger partial charge in [0.25, 0.3) is 5.91 Å². The second-order valence-corrected chi connectivity index (χ2v) is 7.90. The van der Waals surface area contributed by atoms with E-state index < -0.39 is 30.0 Å². The summed E-state index contributed by atoms with van der Waals surface area (Å²) in [5.74, 6) is -0.527. The van der Waals surface area contributed by atoms with E-state index in [9.17, 15) is 9.18 Å². The lowest BCUT2D eigenvalue weighted by Gasteiger charge is -2.32. The summed E-state index contributed by atoms with van der Waals surface area (Å²) in [4.78, 5) is 16.8. The molecule has 5 nitrogen and oxygen atoms in total. The summed E-state index contributed by atoms with van der Waals surface area (Å²) in [6.07, 6.45) is 0. The van der Waals surface area contributed by atoms with Gasteiger partial charge in [-0.15, -0.1) is 0 Å². The van der Waals surface area contributed by atoms with Gasteiger partial charge in [0.2, 0.25) is 0 Å². The number of hydrogen-bond acceptors (Lipinski definition) is 4. The molecular weight excluding hydrogens is 346 g/mol. The van der Waals surface area contributed by atoms with E-state index in [1.807, 2.05) is 40.7 Å². The molecule has 0 aliphatic carbocycles. The van der Waals surface area contributed by atoms with Crippen molar-refractivity contribution in [3.8, 4) is 0 Å². The Kier molecular flexibility index (Phi) is 4.86. The maximum absolute atomic E-state index is 14.8. The molecular formula is C20H24BFN2O3. The van der Waals surface area contributed by atoms with E-state index in [-0.39, 0.29) is 11.0 Å². The Morgan fingerprint density at radius 2 is 1.74 bits per heavy atom. The molecule has 1 aliphatic rings. The lowest BCUT2D eigenvalue weighted by molar-refractivity contribution is 0.00578. The number of carbonyl (C=O) groups is 1. The number of benzene rings is 1. The third-order valence-corrected chi connectivity index (χ3v) is 5.23. The van der Waals surface area contributed by atoms with Crippen molar-refractivity contribution in [2.45, 2.75) is 52.7 Å². The standard InChI is InChI=1S/C20H24BFN2O3/c1-12-10-15(21-26-19(3,4)20(5,6)27-21)16(22)11-14(12)18(25)24-17-9-7-8-13(2)23-17/h7-11H,1-6H3,(H,23,24,25). The molecule has 7 heteroatoms. The lowest BCUT2D eigenvalue weighted by Crippen LogP contribution is -2.41. The Morgan fingerprint density at radius 3 is 2.33 bits per heavy atom. The van der Waals surface area contributed by atoms with Gasteiger partial charge in [0, 0.05) is 16.7 Å². The third-order valence-electron chi connectivity index (χ3n) is 5.23. The molecule has 1 amide bonds. The highest BCUT2D eigenvalue weighted by Crippen LogP contribution is 2.36. The van der Waals surface area contributed by atoms with Crippen molar-refractivity contribution in [3.05, 3.63) is 53.0 Å². The van der Waals surface area contributed by atoms with Gasteiger partial charge in [0.1, 0.15) is 11.6 Å². The van der Waals surface area contributed by atoms with Gasteiger partial charge in [-0.3, -0.25) is 4.79 Å². The van der Waals surface area contributed by atoms with Crippen molar-refractivity contribution in [3.63, 3.8) is 0 Å². The number of pyridine rings is 1. The molecule has 0 spiro atoms. The SMILES string of the molecule is Cc1cccc(NC(=O)c2cc(F)c(B3OC(C)(C)C(C)(C)O3)cc2C)n1. The molecule has 2 heterocycles.